The summed E-state index contributed by atoms with van der Waals surface area (Å²) in [5, 5.41) is 1.87. The first kappa shape index (κ1) is 17.2. The van der Waals surface area contributed by atoms with Crippen molar-refractivity contribution in [1.82, 2.24) is 9.97 Å². The monoisotopic (exact) mass is 373 g/mol. The fourth-order valence-corrected chi connectivity index (χ4v) is 4.12. The zero-order chi connectivity index (χ0) is 17.9. The van der Waals surface area contributed by atoms with Crippen LogP contribution in [-0.4, -0.2) is 33.4 Å². The molecule has 0 fully saturated rings. The molecule has 2 aromatic heterocycles. The van der Waals surface area contributed by atoms with Gasteiger partial charge in [0.2, 0.25) is 0 Å². The Morgan fingerprint density at radius 3 is 2.60 bits per heavy atom. The van der Waals surface area contributed by atoms with Gasteiger partial charge >= 0.3 is 0 Å². The van der Waals surface area contributed by atoms with E-state index in [0.717, 1.165) is 5.69 Å². The van der Waals surface area contributed by atoms with Gasteiger partial charge in [0.25, 0.3) is 5.91 Å². The van der Waals surface area contributed by atoms with E-state index < -0.39 is 15.6 Å². The first-order valence-electron chi connectivity index (χ1n) is 7.25. The molecular weight excluding hydrogens is 358 g/mol. The number of carbonyl (C=O) groups is 1. The summed E-state index contributed by atoms with van der Waals surface area (Å²) in [7, 11) is -1.46. The van der Waals surface area contributed by atoms with Crippen molar-refractivity contribution in [3.8, 4) is 17.1 Å². The second-order valence-electron chi connectivity index (χ2n) is 5.16. The third-order valence-electron chi connectivity index (χ3n) is 3.44. The number of rotatable bonds is 4. The molecule has 8 heteroatoms. The largest absolute Gasteiger partial charge is 0.495 e. The maximum absolute atomic E-state index is 12.9. The summed E-state index contributed by atoms with van der Waals surface area (Å²) in [6.07, 6.45) is 2.83. The van der Waals surface area contributed by atoms with E-state index >= 15 is 0 Å². The molecule has 3 rings (SSSR count). The molecule has 25 heavy (non-hydrogen) atoms. The van der Waals surface area contributed by atoms with Crippen LogP contribution >= 0.6 is 11.3 Å². The van der Waals surface area contributed by atoms with Gasteiger partial charge in [0.1, 0.15) is 5.75 Å². The van der Waals surface area contributed by atoms with Crippen LogP contribution < -0.4 is 4.74 Å². The summed E-state index contributed by atoms with van der Waals surface area (Å²) in [6.45, 7) is 0. The number of methoxy groups -OCH3 is 1. The second kappa shape index (κ2) is 7.12. The molecule has 0 spiro atoms. The topological polar surface area (TPSA) is 81.5 Å². The first-order valence-corrected chi connectivity index (χ1v) is 10.1. The van der Waals surface area contributed by atoms with Crippen LogP contribution in [0.3, 0.4) is 0 Å². The lowest BCUT2D eigenvalue weighted by Gasteiger charge is -2.09. The van der Waals surface area contributed by atoms with E-state index in [1.807, 2.05) is 5.38 Å². The van der Waals surface area contributed by atoms with E-state index in [1.165, 1.54) is 30.9 Å². The van der Waals surface area contributed by atoms with E-state index in [2.05, 4.69) is 14.3 Å². The number of amides is 1. The van der Waals surface area contributed by atoms with Gasteiger partial charge in [-0.05, 0) is 24.3 Å². The fourth-order valence-electron chi connectivity index (χ4n) is 2.20. The second-order valence-corrected chi connectivity index (χ2v) is 8.10. The molecule has 0 radical (unpaired) electrons. The molecule has 0 aliphatic heterocycles. The Morgan fingerprint density at radius 2 is 1.96 bits per heavy atom. The Bertz CT molecular complexity index is 1010. The zero-order valence-corrected chi connectivity index (χ0v) is 15.2. The zero-order valence-electron chi connectivity index (χ0n) is 13.6. The number of carbonyl (C=O) groups excluding carboxylic acids is 1. The molecular formula is C17H15N3O3S2. The van der Waals surface area contributed by atoms with E-state index in [1.54, 1.807) is 41.9 Å². The predicted octanol–water partition coefficient (Wildman–Crippen LogP) is 3.51. The van der Waals surface area contributed by atoms with Crippen molar-refractivity contribution in [3.05, 3.63) is 59.0 Å². The highest BCUT2D eigenvalue weighted by Gasteiger charge is 2.16. The number of ether oxygens (including phenoxy) is 1. The molecule has 0 aliphatic carbocycles. The van der Waals surface area contributed by atoms with E-state index in [4.69, 9.17) is 4.74 Å². The van der Waals surface area contributed by atoms with Crippen LogP contribution in [0.25, 0.3) is 11.4 Å². The molecule has 3 aromatic rings. The van der Waals surface area contributed by atoms with Crippen molar-refractivity contribution in [2.45, 2.75) is 4.90 Å². The van der Waals surface area contributed by atoms with Crippen molar-refractivity contribution < 1.29 is 13.7 Å². The first-order chi connectivity index (χ1) is 12.0. The molecule has 0 aliphatic rings. The Labute approximate surface area is 149 Å². The van der Waals surface area contributed by atoms with Crippen LogP contribution in [0.5, 0.6) is 5.75 Å². The highest BCUT2D eigenvalue weighted by molar-refractivity contribution is 7.93. The SMILES string of the molecule is COc1ccccc1S(C)(=O)=NC(=O)c1ccc(-c2cscn2)nc1. The highest BCUT2D eigenvalue weighted by Crippen LogP contribution is 2.25. The van der Waals surface area contributed by atoms with Gasteiger partial charge in [-0.2, -0.15) is 4.36 Å². The normalized spacial score (nSPS) is 13.0. The van der Waals surface area contributed by atoms with Crippen LogP contribution in [0.15, 0.2) is 62.7 Å². The van der Waals surface area contributed by atoms with Gasteiger partial charge in [-0.1, -0.05) is 12.1 Å². The standard InChI is InChI=1S/C17H15N3O3S2/c1-23-15-5-3-4-6-16(15)25(2,22)20-17(21)12-7-8-13(18-9-12)14-10-24-11-19-14/h3-11H,1-2H3. The molecule has 1 unspecified atom stereocenters. The van der Waals surface area contributed by atoms with Crippen LogP contribution in [0.4, 0.5) is 0 Å². The lowest BCUT2D eigenvalue weighted by molar-refractivity contribution is 0.100. The summed E-state index contributed by atoms with van der Waals surface area (Å²) in [4.78, 5) is 21.2. The Kier molecular flexibility index (Phi) is 4.91. The number of hydrogen-bond acceptors (Lipinski definition) is 6. The Balaban J connectivity index is 1.92. The summed E-state index contributed by atoms with van der Waals surface area (Å²) >= 11 is 1.47. The third kappa shape index (κ3) is 3.75. The lowest BCUT2D eigenvalue weighted by Crippen LogP contribution is -2.06. The van der Waals surface area contributed by atoms with Gasteiger partial charge in [0.15, 0.2) is 0 Å². The van der Waals surface area contributed by atoms with Crippen LogP contribution in [0.2, 0.25) is 0 Å². The van der Waals surface area contributed by atoms with Crippen LogP contribution in [0.1, 0.15) is 10.4 Å². The minimum atomic E-state index is -2.94. The summed E-state index contributed by atoms with van der Waals surface area (Å²) in [5.74, 6) is -0.153. The molecule has 128 valence electrons. The van der Waals surface area contributed by atoms with Crippen molar-refractivity contribution in [2.24, 2.45) is 4.36 Å². The quantitative estimate of drug-likeness (QED) is 0.699. The van der Waals surface area contributed by atoms with E-state index in [0.29, 0.717) is 16.3 Å². The summed E-state index contributed by atoms with van der Waals surface area (Å²) < 4.78 is 22.0. The molecule has 0 saturated heterocycles. The molecule has 6 nitrogen and oxygen atoms in total. The Hall–Kier alpha value is -2.58. The van der Waals surface area contributed by atoms with Gasteiger partial charge in [0, 0.05) is 17.8 Å². The highest BCUT2D eigenvalue weighted by atomic mass is 32.2. The molecule has 0 N–H and O–H groups in total. The van der Waals surface area contributed by atoms with E-state index in [-0.39, 0.29) is 5.56 Å². The average Bonchev–Trinajstić information content (AvgIpc) is 3.16. The number of hydrogen-bond donors (Lipinski definition) is 0. The number of pyridine rings is 1. The number of para-hydroxylation sites is 1. The van der Waals surface area contributed by atoms with Gasteiger partial charge in [-0.25, -0.2) is 9.19 Å². The van der Waals surface area contributed by atoms with Crippen molar-refractivity contribution in [3.63, 3.8) is 0 Å². The maximum atomic E-state index is 12.9. The minimum Gasteiger partial charge on any atom is -0.495 e. The molecule has 2 heterocycles. The maximum Gasteiger partial charge on any atom is 0.286 e. The number of nitrogens with zero attached hydrogens (tertiary/aromatic N) is 3. The molecule has 1 amide bonds. The van der Waals surface area contributed by atoms with Gasteiger partial charge in [-0.3, -0.25) is 9.78 Å². The summed E-state index contributed by atoms with van der Waals surface area (Å²) in [6, 6.07) is 10.1. The van der Waals surface area contributed by atoms with Crippen molar-refractivity contribution in [1.29, 1.82) is 0 Å². The molecule has 1 aromatic carbocycles. The van der Waals surface area contributed by atoms with E-state index in [9.17, 15) is 9.00 Å². The summed E-state index contributed by atoms with van der Waals surface area (Å²) in [5.41, 5.74) is 3.39. The van der Waals surface area contributed by atoms with Gasteiger partial charge in [-0.15, -0.1) is 11.3 Å². The number of benzene rings is 1. The molecule has 1 atom stereocenters. The van der Waals surface area contributed by atoms with Gasteiger partial charge < -0.3 is 4.74 Å². The number of thiazole rings is 1. The van der Waals surface area contributed by atoms with Gasteiger partial charge in [0.05, 0.1) is 44.2 Å². The van der Waals surface area contributed by atoms with Crippen LogP contribution in [0, 0.1) is 0 Å². The smallest absolute Gasteiger partial charge is 0.286 e. The lowest BCUT2D eigenvalue weighted by atomic mass is 10.2. The molecule has 0 bridgehead atoms. The van der Waals surface area contributed by atoms with Crippen molar-refractivity contribution >= 4 is 27.0 Å². The Morgan fingerprint density at radius 1 is 1.16 bits per heavy atom. The average molecular weight is 373 g/mol. The number of aromatic nitrogens is 2. The third-order valence-corrected chi connectivity index (χ3v) is 5.69. The fraction of sp³-hybridized carbons (Fsp3) is 0.118. The predicted molar refractivity (Wildman–Crippen MR) is 97.4 cm³/mol. The minimum absolute atomic E-state index is 0.267. The molecule has 0 saturated carbocycles. The van der Waals surface area contributed by atoms with Crippen LogP contribution in [-0.2, 0) is 9.73 Å². The van der Waals surface area contributed by atoms with Crippen molar-refractivity contribution in [2.75, 3.05) is 13.4 Å².